The molecule has 160 valence electrons. The standard InChI is InChI=1S/C8H7ClO2.C6H14N2O2.C2HF3O2/c9-8(10)11-6-7-4-2-1-3-5-7;7-4-2-1-3-5(8)6(9)10;3-2(4,5)1(6)7/h1-5H,6H2;5H,1-4,7-8H2,(H,9,10);(H,6,7)/t;5-;/m.0./s1. The number of ether oxygens (including phenoxy) is 1. The van der Waals surface area contributed by atoms with Gasteiger partial charge >= 0.3 is 23.5 Å². The zero-order valence-electron chi connectivity index (χ0n) is 14.7. The summed E-state index contributed by atoms with van der Waals surface area (Å²) in [5, 5.41) is 15.5. The van der Waals surface area contributed by atoms with Crippen molar-refractivity contribution in [2.24, 2.45) is 11.5 Å². The van der Waals surface area contributed by atoms with Crippen molar-refractivity contribution in [3.63, 3.8) is 0 Å². The number of unbranched alkanes of at least 4 members (excludes halogenated alkanes) is 1. The van der Waals surface area contributed by atoms with Crippen molar-refractivity contribution in [2.75, 3.05) is 6.54 Å². The van der Waals surface area contributed by atoms with Crippen molar-refractivity contribution in [3.8, 4) is 0 Å². The van der Waals surface area contributed by atoms with Crippen LogP contribution in [-0.4, -0.2) is 46.3 Å². The van der Waals surface area contributed by atoms with Crippen LogP contribution in [0.1, 0.15) is 24.8 Å². The first kappa shape index (κ1) is 27.8. The number of carbonyl (C=O) groups excluding carboxylic acids is 1. The van der Waals surface area contributed by atoms with Gasteiger partial charge < -0.3 is 26.4 Å². The van der Waals surface area contributed by atoms with E-state index in [0.717, 1.165) is 18.4 Å². The van der Waals surface area contributed by atoms with E-state index in [2.05, 4.69) is 4.74 Å². The van der Waals surface area contributed by atoms with Gasteiger partial charge in [0.05, 0.1) is 0 Å². The van der Waals surface area contributed by atoms with E-state index in [1.165, 1.54) is 0 Å². The Morgan fingerprint density at radius 3 is 1.96 bits per heavy atom. The molecule has 0 spiro atoms. The number of carboxylic acids is 2. The molecule has 0 amide bonds. The number of carboxylic acid groups (broad SMARTS) is 2. The van der Waals surface area contributed by atoms with Crippen molar-refractivity contribution in [1.82, 2.24) is 0 Å². The number of benzene rings is 1. The molecule has 0 bridgehead atoms. The molecule has 0 radical (unpaired) electrons. The highest BCUT2D eigenvalue weighted by molar-refractivity contribution is 6.61. The molecule has 0 fully saturated rings. The Kier molecular flexibility index (Phi) is 15.6. The molecule has 28 heavy (non-hydrogen) atoms. The molecule has 0 saturated heterocycles. The monoisotopic (exact) mass is 430 g/mol. The topological polar surface area (TPSA) is 153 Å². The minimum Gasteiger partial charge on any atom is -0.480 e. The summed E-state index contributed by atoms with van der Waals surface area (Å²) in [6, 6.07) is 8.65. The lowest BCUT2D eigenvalue weighted by Crippen LogP contribution is -2.29. The second-order valence-electron chi connectivity index (χ2n) is 5.04. The molecule has 6 N–H and O–H groups in total. The number of carbonyl (C=O) groups is 3. The van der Waals surface area contributed by atoms with Gasteiger partial charge in [0.1, 0.15) is 12.6 Å². The minimum absolute atomic E-state index is 0.239. The molecule has 12 heteroatoms. The quantitative estimate of drug-likeness (QED) is 0.380. The van der Waals surface area contributed by atoms with E-state index in [9.17, 15) is 22.8 Å². The van der Waals surface area contributed by atoms with E-state index in [4.69, 9.17) is 38.1 Å². The summed E-state index contributed by atoms with van der Waals surface area (Å²) < 4.78 is 36.3. The fourth-order valence-corrected chi connectivity index (χ4v) is 1.40. The van der Waals surface area contributed by atoms with Crippen molar-refractivity contribution in [3.05, 3.63) is 35.9 Å². The van der Waals surface area contributed by atoms with E-state index in [-0.39, 0.29) is 6.61 Å². The van der Waals surface area contributed by atoms with Crippen LogP contribution < -0.4 is 11.5 Å². The Balaban J connectivity index is 0. The highest BCUT2D eigenvalue weighted by Gasteiger charge is 2.38. The van der Waals surface area contributed by atoms with Crippen LogP contribution in [0.2, 0.25) is 0 Å². The number of hydrogen-bond donors (Lipinski definition) is 4. The van der Waals surface area contributed by atoms with Gasteiger partial charge in [-0.15, -0.1) is 0 Å². The van der Waals surface area contributed by atoms with Crippen molar-refractivity contribution >= 4 is 29.0 Å². The number of hydrogen-bond acceptors (Lipinski definition) is 6. The third-order valence-electron chi connectivity index (χ3n) is 2.72. The third-order valence-corrected chi connectivity index (χ3v) is 2.83. The second kappa shape index (κ2) is 15.7. The van der Waals surface area contributed by atoms with Gasteiger partial charge in [-0.05, 0) is 24.9 Å². The summed E-state index contributed by atoms with van der Waals surface area (Å²) in [4.78, 5) is 29.2. The van der Waals surface area contributed by atoms with Gasteiger partial charge in [-0.1, -0.05) is 36.8 Å². The maximum atomic E-state index is 10.6. The molecule has 1 atom stereocenters. The van der Waals surface area contributed by atoms with Crippen LogP contribution in [0.15, 0.2) is 30.3 Å². The SMILES string of the molecule is NCCCC[C@H](N)C(=O)O.O=C(Cl)OCc1ccccc1.O=C(O)C(F)(F)F. The average Bonchev–Trinajstić information content (AvgIpc) is 2.61. The van der Waals surface area contributed by atoms with Gasteiger partial charge in [0.2, 0.25) is 0 Å². The second-order valence-corrected chi connectivity index (χ2v) is 5.35. The van der Waals surface area contributed by atoms with Crippen LogP contribution in [0.4, 0.5) is 18.0 Å². The molecular weight excluding hydrogens is 409 g/mol. The Morgan fingerprint density at radius 2 is 1.61 bits per heavy atom. The van der Waals surface area contributed by atoms with Crippen molar-refractivity contribution < 1.29 is 42.5 Å². The Bertz CT molecular complexity index is 587. The first-order valence-electron chi connectivity index (χ1n) is 7.76. The van der Waals surface area contributed by atoms with Gasteiger partial charge in [0.25, 0.3) is 0 Å². The Labute approximate surface area is 164 Å². The number of halogens is 4. The molecular formula is C16H22ClF3N2O6. The summed E-state index contributed by atoms with van der Waals surface area (Å²) in [6.45, 7) is 0.843. The van der Waals surface area contributed by atoms with E-state index in [1.807, 2.05) is 30.3 Å². The molecule has 0 aliphatic heterocycles. The van der Waals surface area contributed by atoms with Crippen LogP contribution in [0.25, 0.3) is 0 Å². The van der Waals surface area contributed by atoms with E-state index in [0.29, 0.717) is 13.0 Å². The van der Waals surface area contributed by atoms with Gasteiger partial charge in [-0.2, -0.15) is 13.2 Å². The molecule has 0 unspecified atom stereocenters. The molecule has 0 saturated carbocycles. The smallest absolute Gasteiger partial charge is 0.480 e. The summed E-state index contributed by atoms with van der Waals surface area (Å²) in [5.74, 6) is -3.69. The zero-order chi connectivity index (χ0) is 22.2. The first-order valence-corrected chi connectivity index (χ1v) is 8.14. The Hall–Kier alpha value is -2.37. The Morgan fingerprint density at radius 1 is 1.11 bits per heavy atom. The third kappa shape index (κ3) is 18.4. The van der Waals surface area contributed by atoms with Crippen molar-refractivity contribution in [2.45, 2.75) is 38.1 Å². The van der Waals surface area contributed by atoms with Crippen LogP contribution >= 0.6 is 11.6 Å². The molecule has 0 aromatic heterocycles. The minimum atomic E-state index is -5.08. The molecule has 8 nitrogen and oxygen atoms in total. The lowest BCUT2D eigenvalue weighted by atomic mass is 10.1. The zero-order valence-corrected chi connectivity index (χ0v) is 15.4. The number of rotatable bonds is 7. The molecule has 0 aliphatic carbocycles. The summed E-state index contributed by atoms with van der Waals surface area (Å²) in [5.41, 5.74) is 10.6. The van der Waals surface area contributed by atoms with E-state index in [1.54, 1.807) is 0 Å². The summed E-state index contributed by atoms with van der Waals surface area (Å²) >= 11 is 4.97. The van der Waals surface area contributed by atoms with Gasteiger partial charge in [-0.25, -0.2) is 9.59 Å². The molecule has 1 aromatic carbocycles. The van der Waals surface area contributed by atoms with E-state index >= 15 is 0 Å². The molecule has 1 aromatic rings. The molecule has 1 rings (SSSR count). The summed E-state index contributed by atoms with van der Waals surface area (Å²) in [7, 11) is 0. The lowest BCUT2D eigenvalue weighted by molar-refractivity contribution is -0.192. The molecule has 0 aliphatic rings. The van der Waals surface area contributed by atoms with Crippen LogP contribution in [0.5, 0.6) is 0 Å². The van der Waals surface area contributed by atoms with Crippen LogP contribution in [0.3, 0.4) is 0 Å². The highest BCUT2D eigenvalue weighted by Crippen LogP contribution is 2.13. The van der Waals surface area contributed by atoms with Gasteiger partial charge in [0, 0.05) is 11.6 Å². The number of nitrogens with two attached hydrogens (primary N) is 2. The average molecular weight is 431 g/mol. The van der Waals surface area contributed by atoms with Crippen LogP contribution in [-0.2, 0) is 20.9 Å². The number of alkyl halides is 3. The lowest BCUT2D eigenvalue weighted by Gasteiger charge is -2.03. The van der Waals surface area contributed by atoms with Crippen molar-refractivity contribution in [1.29, 1.82) is 0 Å². The maximum Gasteiger partial charge on any atom is 0.490 e. The van der Waals surface area contributed by atoms with E-state index < -0.39 is 29.6 Å². The summed E-state index contributed by atoms with van der Waals surface area (Å²) in [6.07, 6.45) is -2.92. The van der Waals surface area contributed by atoms with Gasteiger partial charge in [0.15, 0.2) is 0 Å². The highest BCUT2D eigenvalue weighted by atomic mass is 35.5. The molecule has 0 heterocycles. The predicted octanol–water partition coefficient (Wildman–Crippen LogP) is 2.72. The van der Waals surface area contributed by atoms with Crippen LogP contribution in [0, 0.1) is 0 Å². The predicted molar refractivity (Wildman–Crippen MR) is 94.7 cm³/mol. The normalized spacial score (nSPS) is 11.1. The van der Waals surface area contributed by atoms with Gasteiger partial charge in [-0.3, -0.25) is 4.79 Å². The fraction of sp³-hybridized carbons (Fsp3) is 0.438. The first-order chi connectivity index (χ1) is 12.9. The number of aliphatic carboxylic acids is 2. The maximum absolute atomic E-state index is 10.6. The largest absolute Gasteiger partial charge is 0.490 e. The fourth-order valence-electron chi connectivity index (χ4n) is 1.35.